The molecule has 23 heavy (non-hydrogen) atoms. The largest absolute Gasteiger partial charge is 0.306 e. The molecule has 0 N–H and O–H groups in total. The maximum Gasteiger partial charge on any atom is 0.0328 e. The normalized spacial score (nSPS) is 23.0. The average Bonchev–Trinajstić information content (AvgIpc) is 3.20. The second-order valence-corrected chi connectivity index (χ2v) is 8.72. The molecule has 2 aliphatic rings. The summed E-state index contributed by atoms with van der Waals surface area (Å²) >= 11 is 1.96. The predicted molar refractivity (Wildman–Crippen MR) is 100.0 cm³/mol. The van der Waals surface area contributed by atoms with Crippen LogP contribution in [-0.4, -0.2) is 61.0 Å². The number of rotatable bonds is 6. The van der Waals surface area contributed by atoms with E-state index < -0.39 is 0 Å². The quantitative estimate of drug-likeness (QED) is 0.788. The van der Waals surface area contributed by atoms with Gasteiger partial charge in [-0.3, -0.25) is 9.80 Å². The third-order valence-corrected chi connectivity index (χ3v) is 6.79. The molecular formula is C19H33N3S. The molecule has 0 aliphatic carbocycles. The topological polar surface area (TPSA) is 9.72 Å². The fourth-order valence-corrected chi connectivity index (χ4v) is 4.95. The van der Waals surface area contributed by atoms with Crippen LogP contribution in [-0.2, 0) is 13.1 Å². The highest BCUT2D eigenvalue weighted by Crippen LogP contribution is 2.26. The summed E-state index contributed by atoms with van der Waals surface area (Å²) in [5.74, 6) is 0.871. The first-order chi connectivity index (χ1) is 11.1. The van der Waals surface area contributed by atoms with Crippen LogP contribution in [0.5, 0.6) is 0 Å². The second-order valence-electron chi connectivity index (χ2n) is 7.72. The number of nitrogens with zero attached hydrogens (tertiary/aromatic N) is 3. The lowest BCUT2D eigenvalue weighted by Crippen LogP contribution is -2.41. The summed E-state index contributed by atoms with van der Waals surface area (Å²) in [4.78, 5) is 9.19. The van der Waals surface area contributed by atoms with Crippen molar-refractivity contribution < 1.29 is 0 Å². The van der Waals surface area contributed by atoms with Crippen molar-refractivity contribution >= 4 is 11.3 Å². The molecule has 0 amide bonds. The Bertz CT molecular complexity index is 471. The van der Waals surface area contributed by atoms with Crippen LogP contribution in [0.4, 0.5) is 0 Å². The first-order valence-corrected chi connectivity index (χ1v) is 10.2. The van der Waals surface area contributed by atoms with Gasteiger partial charge in [-0.1, -0.05) is 0 Å². The zero-order chi connectivity index (χ0) is 16.2. The molecule has 2 fully saturated rings. The molecule has 4 heteroatoms. The van der Waals surface area contributed by atoms with E-state index in [9.17, 15) is 0 Å². The highest BCUT2D eigenvalue weighted by atomic mass is 32.1. The lowest BCUT2D eigenvalue weighted by molar-refractivity contribution is 0.122. The highest BCUT2D eigenvalue weighted by molar-refractivity contribution is 7.10. The lowest BCUT2D eigenvalue weighted by atomic mass is 9.90. The van der Waals surface area contributed by atoms with Gasteiger partial charge < -0.3 is 4.90 Å². The van der Waals surface area contributed by atoms with Gasteiger partial charge in [0.05, 0.1) is 0 Å². The van der Waals surface area contributed by atoms with Gasteiger partial charge in [-0.05, 0) is 95.8 Å². The van der Waals surface area contributed by atoms with Gasteiger partial charge in [0.1, 0.15) is 0 Å². The van der Waals surface area contributed by atoms with E-state index in [4.69, 9.17) is 0 Å². The van der Waals surface area contributed by atoms with Crippen LogP contribution < -0.4 is 0 Å². The summed E-state index contributed by atoms with van der Waals surface area (Å²) in [6.07, 6.45) is 5.48. The molecular weight excluding hydrogens is 302 g/mol. The molecule has 2 aliphatic heterocycles. The summed E-state index contributed by atoms with van der Waals surface area (Å²) in [5, 5.41) is 2.38. The molecule has 0 saturated carbocycles. The van der Waals surface area contributed by atoms with Crippen molar-refractivity contribution in [3.05, 3.63) is 21.9 Å². The van der Waals surface area contributed by atoms with Gasteiger partial charge in [-0.15, -0.1) is 11.3 Å². The van der Waals surface area contributed by atoms with Crippen molar-refractivity contribution in [2.24, 2.45) is 5.92 Å². The van der Waals surface area contributed by atoms with Gasteiger partial charge in [0.2, 0.25) is 0 Å². The Labute approximate surface area is 146 Å². The van der Waals surface area contributed by atoms with Crippen molar-refractivity contribution in [3.63, 3.8) is 0 Å². The van der Waals surface area contributed by atoms with E-state index in [0.29, 0.717) is 6.04 Å². The van der Waals surface area contributed by atoms with Crippen molar-refractivity contribution in [1.82, 2.24) is 14.7 Å². The Morgan fingerprint density at radius 3 is 2.39 bits per heavy atom. The van der Waals surface area contributed by atoms with Crippen molar-refractivity contribution in [2.45, 2.75) is 51.7 Å². The van der Waals surface area contributed by atoms with Gasteiger partial charge >= 0.3 is 0 Å². The molecule has 0 unspecified atom stereocenters. The highest BCUT2D eigenvalue weighted by Gasteiger charge is 2.25. The van der Waals surface area contributed by atoms with Crippen LogP contribution in [0.2, 0.25) is 0 Å². The minimum Gasteiger partial charge on any atom is -0.306 e. The van der Waals surface area contributed by atoms with E-state index in [1.54, 1.807) is 4.88 Å². The summed E-state index contributed by atoms with van der Waals surface area (Å²) in [6.45, 7) is 9.83. The van der Waals surface area contributed by atoms with Gasteiger partial charge in [-0.2, -0.15) is 0 Å². The van der Waals surface area contributed by atoms with E-state index in [1.807, 2.05) is 11.3 Å². The molecule has 0 radical (unpaired) electrons. The minimum absolute atomic E-state index is 0.714. The van der Waals surface area contributed by atoms with Crippen molar-refractivity contribution in [3.8, 4) is 0 Å². The van der Waals surface area contributed by atoms with Crippen LogP contribution in [0.25, 0.3) is 0 Å². The first kappa shape index (κ1) is 17.4. The van der Waals surface area contributed by atoms with Crippen LogP contribution in [0.1, 0.15) is 43.0 Å². The molecule has 3 rings (SSSR count). The zero-order valence-corrected chi connectivity index (χ0v) is 15.9. The van der Waals surface area contributed by atoms with Gasteiger partial charge in [0.15, 0.2) is 0 Å². The van der Waals surface area contributed by atoms with E-state index >= 15 is 0 Å². The maximum atomic E-state index is 2.66. The molecule has 130 valence electrons. The van der Waals surface area contributed by atoms with Gasteiger partial charge in [0.25, 0.3) is 0 Å². The SMILES string of the molecule is C[C@@H](C1CCN(Cc2cc(CN3CCCC3)cs2)CC1)N(C)C. The summed E-state index contributed by atoms with van der Waals surface area (Å²) in [7, 11) is 4.43. The number of hydrogen-bond donors (Lipinski definition) is 0. The summed E-state index contributed by atoms with van der Waals surface area (Å²) in [6, 6.07) is 3.17. The summed E-state index contributed by atoms with van der Waals surface area (Å²) < 4.78 is 0. The van der Waals surface area contributed by atoms with Gasteiger partial charge in [-0.25, -0.2) is 0 Å². The van der Waals surface area contributed by atoms with E-state index in [2.05, 4.69) is 47.2 Å². The van der Waals surface area contributed by atoms with Crippen molar-refractivity contribution in [2.75, 3.05) is 40.3 Å². The standard InChI is InChI=1S/C19H33N3S/c1-16(20(2)3)18-6-10-22(11-7-18)14-19-12-17(15-23-19)13-21-8-4-5-9-21/h12,15-16,18H,4-11,13-14H2,1-3H3/t16-/m0/s1. The predicted octanol–water partition coefficient (Wildman–Crippen LogP) is 3.51. The van der Waals surface area contributed by atoms with E-state index in [1.165, 1.54) is 64.0 Å². The molecule has 3 nitrogen and oxygen atoms in total. The second kappa shape index (κ2) is 8.11. The molecule has 0 spiro atoms. The minimum atomic E-state index is 0.714. The zero-order valence-electron chi connectivity index (χ0n) is 15.1. The lowest BCUT2D eigenvalue weighted by Gasteiger charge is -2.37. The smallest absolute Gasteiger partial charge is 0.0328 e. The molecule has 1 aromatic rings. The Hall–Kier alpha value is -0.420. The third-order valence-electron chi connectivity index (χ3n) is 5.82. The van der Waals surface area contributed by atoms with Crippen LogP contribution in [0.3, 0.4) is 0 Å². The fraction of sp³-hybridized carbons (Fsp3) is 0.789. The summed E-state index contributed by atoms with van der Waals surface area (Å²) in [5.41, 5.74) is 1.53. The van der Waals surface area contributed by atoms with E-state index in [0.717, 1.165) is 12.5 Å². The Morgan fingerprint density at radius 1 is 1.09 bits per heavy atom. The molecule has 2 saturated heterocycles. The van der Waals surface area contributed by atoms with Crippen LogP contribution in [0.15, 0.2) is 11.4 Å². The van der Waals surface area contributed by atoms with E-state index in [-0.39, 0.29) is 0 Å². The molecule has 1 aromatic heterocycles. The number of hydrogen-bond acceptors (Lipinski definition) is 4. The van der Waals surface area contributed by atoms with Crippen LogP contribution in [0, 0.1) is 5.92 Å². The fourth-order valence-electron chi connectivity index (χ4n) is 4.03. The first-order valence-electron chi connectivity index (χ1n) is 9.29. The maximum absolute atomic E-state index is 2.66. The number of piperidine rings is 1. The Morgan fingerprint density at radius 2 is 1.74 bits per heavy atom. The average molecular weight is 336 g/mol. The molecule has 1 atom stereocenters. The molecule has 3 heterocycles. The van der Waals surface area contributed by atoms with Crippen LogP contribution >= 0.6 is 11.3 Å². The Balaban J connectivity index is 1.44. The van der Waals surface area contributed by atoms with Gasteiger partial charge in [0, 0.05) is 24.0 Å². The number of likely N-dealkylation sites (tertiary alicyclic amines) is 2. The molecule has 0 bridgehead atoms. The molecule has 0 aromatic carbocycles. The van der Waals surface area contributed by atoms with Crippen molar-refractivity contribution in [1.29, 1.82) is 0 Å². The third kappa shape index (κ3) is 4.79. The monoisotopic (exact) mass is 335 g/mol. The Kier molecular flexibility index (Phi) is 6.13. The number of thiophene rings is 1.